The average Bonchev–Trinajstić information content (AvgIpc) is 3.13. The summed E-state index contributed by atoms with van der Waals surface area (Å²) in [6.07, 6.45) is 5.09. The number of amides is 1. The number of pyridine rings is 1. The molecule has 162 valence electrons. The number of ether oxygens (including phenoxy) is 1. The molecule has 4 rings (SSSR count). The first-order chi connectivity index (χ1) is 14.3. The summed E-state index contributed by atoms with van der Waals surface area (Å²) >= 11 is 7.65. The molecule has 30 heavy (non-hydrogen) atoms. The maximum atomic E-state index is 12.3. The van der Waals surface area contributed by atoms with Crippen molar-refractivity contribution < 1.29 is 9.53 Å². The maximum Gasteiger partial charge on any atom is 0.410 e. The lowest BCUT2D eigenvalue weighted by Crippen LogP contribution is -2.50. The molecular formula is C20H27ClN6O2S. The molecule has 0 bridgehead atoms. The summed E-state index contributed by atoms with van der Waals surface area (Å²) < 4.78 is 5.47. The molecule has 0 atom stereocenters. The van der Waals surface area contributed by atoms with Crippen LogP contribution < -0.4 is 10.2 Å². The van der Waals surface area contributed by atoms with Crippen LogP contribution in [0.2, 0.25) is 5.15 Å². The summed E-state index contributed by atoms with van der Waals surface area (Å²) in [6, 6.07) is 2.34. The topological polar surface area (TPSA) is 83.5 Å². The minimum absolute atomic E-state index is 0.265. The molecule has 8 nitrogen and oxygen atoms in total. The third-order valence-electron chi connectivity index (χ3n) is 5.18. The summed E-state index contributed by atoms with van der Waals surface area (Å²) in [6.45, 7) is 8.22. The van der Waals surface area contributed by atoms with Crippen molar-refractivity contribution in [2.24, 2.45) is 0 Å². The fourth-order valence-corrected chi connectivity index (χ4v) is 4.43. The predicted octanol–water partition coefficient (Wildman–Crippen LogP) is 4.28. The molecule has 2 fully saturated rings. The number of nitrogens with zero attached hydrogens (tertiary/aromatic N) is 5. The number of aromatic nitrogens is 3. The van der Waals surface area contributed by atoms with Gasteiger partial charge in [-0.05, 0) is 46.1 Å². The highest BCUT2D eigenvalue weighted by atomic mass is 35.5. The van der Waals surface area contributed by atoms with Gasteiger partial charge in [0.05, 0.1) is 5.56 Å². The second-order valence-electron chi connectivity index (χ2n) is 8.67. The fraction of sp³-hybridized carbons (Fsp3) is 0.600. The SMILES string of the molecule is CC(C)(C)OC(=O)N1CCN(c2nnc(-c3cnc(Cl)cc3NC3CCC3)s2)CC1. The van der Waals surface area contributed by atoms with Crippen molar-refractivity contribution in [3.8, 4) is 10.6 Å². The van der Waals surface area contributed by atoms with Gasteiger partial charge in [-0.1, -0.05) is 22.9 Å². The minimum atomic E-state index is -0.486. The van der Waals surface area contributed by atoms with E-state index in [4.69, 9.17) is 16.3 Å². The number of carbonyl (C=O) groups is 1. The van der Waals surface area contributed by atoms with Gasteiger partial charge in [0, 0.05) is 44.1 Å². The van der Waals surface area contributed by atoms with Crippen LogP contribution >= 0.6 is 22.9 Å². The number of carbonyl (C=O) groups excluding carboxylic acids is 1. The van der Waals surface area contributed by atoms with Crippen molar-refractivity contribution >= 4 is 39.8 Å². The number of hydrogen-bond acceptors (Lipinski definition) is 8. The number of nitrogens with one attached hydrogen (secondary N) is 1. The van der Waals surface area contributed by atoms with E-state index in [-0.39, 0.29) is 6.09 Å². The van der Waals surface area contributed by atoms with Crippen molar-refractivity contribution in [2.75, 3.05) is 36.4 Å². The molecule has 1 aliphatic carbocycles. The Kier molecular flexibility index (Phi) is 6.02. The quantitative estimate of drug-likeness (QED) is 0.696. The molecule has 0 radical (unpaired) electrons. The van der Waals surface area contributed by atoms with Crippen molar-refractivity contribution in [3.63, 3.8) is 0 Å². The van der Waals surface area contributed by atoms with Gasteiger partial charge in [-0.2, -0.15) is 0 Å². The van der Waals surface area contributed by atoms with Crippen LogP contribution in [0.3, 0.4) is 0 Å². The van der Waals surface area contributed by atoms with E-state index in [1.165, 1.54) is 30.6 Å². The molecule has 0 unspecified atom stereocenters. The molecule has 2 aromatic rings. The summed E-state index contributed by atoms with van der Waals surface area (Å²) in [5, 5.41) is 14.5. The third kappa shape index (κ3) is 4.95. The molecule has 1 aliphatic heterocycles. The van der Waals surface area contributed by atoms with Crippen LogP contribution in [-0.4, -0.2) is 64.0 Å². The summed E-state index contributed by atoms with van der Waals surface area (Å²) in [4.78, 5) is 20.4. The second kappa shape index (κ2) is 8.55. The van der Waals surface area contributed by atoms with E-state index >= 15 is 0 Å². The standard InChI is InChI=1S/C20H27ClN6O2S/c1-20(2,3)29-19(28)27-9-7-26(8-10-27)18-25-24-17(30-18)14-12-22-16(21)11-15(14)23-13-5-4-6-13/h11-13H,4-10H2,1-3H3,(H,22,23). The van der Waals surface area contributed by atoms with Crippen LogP contribution in [0.25, 0.3) is 10.6 Å². The third-order valence-corrected chi connectivity index (χ3v) is 6.41. The van der Waals surface area contributed by atoms with Crippen LogP contribution in [-0.2, 0) is 4.74 Å². The predicted molar refractivity (Wildman–Crippen MR) is 119 cm³/mol. The van der Waals surface area contributed by atoms with E-state index in [1.807, 2.05) is 26.8 Å². The molecule has 2 aromatic heterocycles. The van der Waals surface area contributed by atoms with E-state index in [9.17, 15) is 4.79 Å². The van der Waals surface area contributed by atoms with Gasteiger partial charge in [0.25, 0.3) is 0 Å². The van der Waals surface area contributed by atoms with Crippen molar-refractivity contribution in [2.45, 2.75) is 51.7 Å². The fourth-order valence-electron chi connectivity index (χ4n) is 3.35. The van der Waals surface area contributed by atoms with Gasteiger partial charge >= 0.3 is 6.09 Å². The number of hydrogen-bond donors (Lipinski definition) is 1. The van der Waals surface area contributed by atoms with Gasteiger partial charge in [-0.15, -0.1) is 10.2 Å². The number of piperazine rings is 1. The molecule has 2 aliphatic rings. The van der Waals surface area contributed by atoms with Crippen molar-refractivity contribution in [3.05, 3.63) is 17.4 Å². The first-order valence-corrected chi connectivity index (χ1v) is 11.5. The van der Waals surface area contributed by atoms with Crippen LogP contribution in [0, 0.1) is 0 Å². The van der Waals surface area contributed by atoms with E-state index < -0.39 is 5.60 Å². The average molecular weight is 451 g/mol. The summed E-state index contributed by atoms with van der Waals surface area (Å²) in [5.41, 5.74) is 1.39. The van der Waals surface area contributed by atoms with Crippen LogP contribution in [0.1, 0.15) is 40.0 Å². The van der Waals surface area contributed by atoms with Gasteiger partial charge < -0.3 is 19.9 Å². The van der Waals surface area contributed by atoms with Gasteiger partial charge in [0.1, 0.15) is 10.8 Å². The van der Waals surface area contributed by atoms with Crippen LogP contribution in [0.15, 0.2) is 12.3 Å². The Morgan fingerprint density at radius 2 is 1.97 bits per heavy atom. The molecule has 1 amide bonds. The Balaban J connectivity index is 1.42. The Morgan fingerprint density at radius 1 is 1.23 bits per heavy atom. The van der Waals surface area contributed by atoms with E-state index in [0.29, 0.717) is 37.4 Å². The Morgan fingerprint density at radius 3 is 2.60 bits per heavy atom. The molecular weight excluding hydrogens is 424 g/mol. The molecule has 3 heterocycles. The monoisotopic (exact) mass is 450 g/mol. The highest BCUT2D eigenvalue weighted by Crippen LogP contribution is 2.36. The first kappa shape index (κ1) is 21.1. The summed E-state index contributed by atoms with van der Waals surface area (Å²) in [7, 11) is 0. The lowest BCUT2D eigenvalue weighted by molar-refractivity contribution is 0.0240. The van der Waals surface area contributed by atoms with E-state index in [2.05, 4.69) is 25.4 Å². The van der Waals surface area contributed by atoms with Crippen LogP contribution in [0.5, 0.6) is 0 Å². The number of rotatable bonds is 4. The smallest absolute Gasteiger partial charge is 0.410 e. The Labute approximate surface area is 185 Å². The molecule has 10 heteroatoms. The molecule has 1 saturated carbocycles. The highest BCUT2D eigenvalue weighted by Gasteiger charge is 2.27. The molecule has 0 spiro atoms. The lowest BCUT2D eigenvalue weighted by Gasteiger charge is -2.35. The van der Waals surface area contributed by atoms with Gasteiger partial charge in [-0.25, -0.2) is 9.78 Å². The van der Waals surface area contributed by atoms with Gasteiger partial charge in [-0.3, -0.25) is 0 Å². The first-order valence-electron chi connectivity index (χ1n) is 10.3. The minimum Gasteiger partial charge on any atom is -0.444 e. The highest BCUT2D eigenvalue weighted by molar-refractivity contribution is 7.18. The van der Waals surface area contributed by atoms with E-state index in [0.717, 1.165) is 21.4 Å². The Bertz CT molecular complexity index is 903. The number of anilines is 2. The van der Waals surface area contributed by atoms with Crippen LogP contribution in [0.4, 0.5) is 15.6 Å². The molecule has 1 N–H and O–H groups in total. The lowest BCUT2D eigenvalue weighted by atomic mass is 9.93. The second-order valence-corrected chi connectivity index (χ2v) is 10.0. The molecule has 0 aromatic carbocycles. The zero-order chi connectivity index (χ0) is 21.3. The van der Waals surface area contributed by atoms with Gasteiger partial charge in [0.2, 0.25) is 5.13 Å². The Hall–Kier alpha value is -2.13. The van der Waals surface area contributed by atoms with E-state index in [1.54, 1.807) is 11.1 Å². The van der Waals surface area contributed by atoms with Crippen molar-refractivity contribution in [1.82, 2.24) is 20.1 Å². The molecule has 1 saturated heterocycles. The van der Waals surface area contributed by atoms with Gasteiger partial charge in [0.15, 0.2) is 5.01 Å². The maximum absolute atomic E-state index is 12.3. The van der Waals surface area contributed by atoms with Crippen molar-refractivity contribution in [1.29, 1.82) is 0 Å². The normalized spacial score (nSPS) is 17.6. The summed E-state index contributed by atoms with van der Waals surface area (Å²) in [5.74, 6) is 0. The number of halogens is 1. The largest absolute Gasteiger partial charge is 0.444 e. The zero-order valence-corrected chi connectivity index (χ0v) is 19.1. The zero-order valence-electron chi connectivity index (χ0n) is 17.5.